The van der Waals surface area contributed by atoms with Gasteiger partial charge in [0.2, 0.25) is 5.91 Å². The standard InChI is InChI=1S/C34H39IN2O9/c1-44-29-15-20(19-39)14-25(35)31(29)45-28-18-22(32(41)36-12-13-38)17-26(30(28)40)37(23-9-4-2-3-5-10-23)33(42)24-16-21-8-6-7-11-27(21)46-34(24)43/h6-8,11,14-16,18,23,26,28,30,38-40H,2-5,9-10,12-13,17,19H2,1H3,(H,36,41)/t26-,28+,30+/m1/s1. The van der Waals surface area contributed by atoms with Gasteiger partial charge in [-0.25, -0.2) is 4.79 Å². The number of nitrogens with zero attached hydrogens (tertiary/aromatic N) is 1. The summed E-state index contributed by atoms with van der Waals surface area (Å²) in [7, 11) is 1.46. The lowest BCUT2D eigenvalue weighted by molar-refractivity contribution is -0.118. The average molecular weight is 747 g/mol. The van der Waals surface area contributed by atoms with Crippen LogP contribution >= 0.6 is 22.6 Å². The number of carbonyl (C=O) groups excluding carboxylic acids is 2. The van der Waals surface area contributed by atoms with Crippen molar-refractivity contribution in [1.82, 2.24) is 10.2 Å². The van der Waals surface area contributed by atoms with E-state index in [-0.39, 0.29) is 43.4 Å². The van der Waals surface area contributed by atoms with E-state index in [9.17, 15) is 29.7 Å². The summed E-state index contributed by atoms with van der Waals surface area (Å²) in [6, 6.07) is 10.6. The molecule has 1 fully saturated rings. The molecule has 3 atom stereocenters. The number of halogens is 1. The summed E-state index contributed by atoms with van der Waals surface area (Å²) in [5.41, 5.74) is 0.309. The van der Waals surface area contributed by atoms with Gasteiger partial charge in [0.05, 0.1) is 29.9 Å². The molecule has 2 aromatic carbocycles. The molecular formula is C34H39IN2O9. The second-order valence-corrected chi connectivity index (χ2v) is 12.8. The normalized spacial score (nSPS) is 20.5. The first-order valence-electron chi connectivity index (χ1n) is 15.5. The largest absolute Gasteiger partial charge is 0.493 e. The van der Waals surface area contributed by atoms with Crippen molar-refractivity contribution in [3.8, 4) is 11.5 Å². The van der Waals surface area contributed by atoms with Crippen LogP contribution in [0.25, 0.3) is 11.0 Å². The molecule has 0 aliphatic heterocycles. The molecule has 0 bridgehead atoms. The third-order valence-electron chi connectivity index (χ3n) is 8.62. The Morgan fingerprint density at radius 3 is 2.52 bits per heavy atom. The highest BCUT2D eigenvalue weighted by Crippen LogP contribution is 2.38. The molecule has 4 N–H and O–H groups in total. The van der Waals surface area contributed by atoms with Crippen molar-refractivity contribution in [3.63, 3.8) is 0 Å². The quantitative estimate of drug-likeness (QED) is 0.138. The van der Waals surface area contributed by atoms with Gasteiger partial charge in [-0.3, -0.25) is 9.59 Å². The van der Waals surface area contributed by atoms with Crippen LogP contribution in [0.15, 0.2) is 63.3 Å². The minimum atomic E-state index is -1.30. The van der Waals surface area contributed by atoms with Crippen LogP contribution in [0.3, 0.4) is 0 Å². The molecule has 0 saturated heterocycles. The van der Waals surface area contributed by atoms with Gasteiger partial charge in [0.25, 0.3) is 5.91 Å². The summed E-state index contributed by atoms with van der Waals surface area (Å²) in [6.45, 7) is -0.453. The number of fused-ring (bicyclic) bond motifs is 1. The van der Waals surface area contributed by atoms with E-state index in [1.54, 1.807) is 41.3 Å². The van der Waals surface area contributed by atoms with Crippen LogP contribution < -0.4 is 20.4 Å². The minimum Gasteiger partial charge on any atom is -0.493 e. The van der Waals surface area contributed by atoms with Gasteiger partial charge >= 0.3 is 5.63 Å². The average Bonchev–Trinajstić information content (AvgIpc) is 3.34. The summed E-state index contributed by atoms with van der Waals surface area (Å²) in [6.07, 6.45) is 4.23. The van der Waals surface area contributed by atoms with Gasteiger partial charge in [0.15, 0.2) is 11.5 Å². The van der Waals surface area contributed by atoms with Crippen molar-refractivity contribution >= 4 is 45.4 Å². The summed E-state index contributed by atoms with van der Waals surface area (Å²) >= 11 is 2.05. The predicted octanol–water partition coefficient (Wildman–Crippen LogP) is 3.68. The first-order chi connectivity index (χ1) is 22.2. The topological polar surface area (TPSA) is 159 Å². The van der Waals surface area contributed by atoms with E-state index < -0.39 is 35.7 Å². The van der Waals surface area contributed by atoms with E-state index in [2.05, 4.69) is 27.9 Å². The molecule has 2 amide bonds. The summed E-state index contributed by atoms with van der Waals surface area (Å²) in [4.78, 5) is 42.6. The van der Waals surface area contributed by atoms with Gasteiger partial charge < -0.3 is 39.4 Å². The number of aliphatic hydroxyl groups excluding tert-OH is 3. The van der Waals surface area contributed by atoms with Gasteiger partial charge in [0.1, 0.15) is 23.4 Å². The van der Waals surface area contributed by atoms with Gasteiger partial charge in [-0.2, -0.15) is 0 Å². The predicted molar refractivity (Wildman–Crippen MR) is 179 cm³/mol. The lowest BCUT2D eigenvalue weighted by atomic mass is 9.86. The second kappa shape index (κ2) is 15.4. The molecule has 5 rings (SSSR count). The number of benzene rings is 2. The first-order valence-corrected chi connectivity index (χ1v) is 16.6. The van der Waals surface area contributed by atoms with Crippen LogP contribution in [0.2, 0.25) is 0 Å². The van der Waals surface area contributed by atoms with Gasteiger partial charge in [-0.1, -0.05) is 43.9 Å². The van der Waals surface area contributed by atoms with Crippen molar-refractivity contribution in [2.24, 2.45) is 0 Å². The van der Waals surface area contributed by atoms with Crippen molar-refractivity contribution < 1.29 is 38.8 Å². The molecule has 0 unspecified atom stereocenters. The zero-order valence-corrected chi connectivity index (χ0v) is 27.8. The summed E-state index contributed by atoms with van der Waals surface area (Å²) in [5.74, 6) is -0.407. The first kappa shape index (κ1) is 33.9. The molecule has 46 heavy (non-hydrogen) atoms. The van der Waals surface area contributed by atoms with Gasteiger partial charge in [-0.15, -0.1) is 0 Å². The van der Waals surface area contributed by atoms with Gasteiger partial charge in [0, 0.05) is 30.0 Å². The van der Waals surface area contributed by atoms with E-state index >= 15 is 0 Å². The lowest BCUT2D eigenvalue weighted by Gasteiger charge is -2.44. The highest BCUT2D eigenvalue weighted by molar-refractivity contribution is 14.1. The fraction of sp³-hybridized carbons (Fsp3) is 0.441. The highest BCUT2D eigenvalue weighted by Gasteiger charge is 2.44. The number of rotatable bonds is 10. The maximum Gasteiger partial charge on any atom is 0.349 e. The molecule has 3 aromatic rings. The van der Waals surface area contributed by atoms with Crippen LogP contribution in [0.4, 0.5) is 0 Å². The molecule has 2 aliphatic rings. The fourth-order valence-electron chi connectivity index (χ4n) is 6.34. The molecule has 0 radical (unpaired) electrons. The SMILES string of the molecule is COc1cc(CO)cc(I)c1O[C@H]1C=C(C(=O)NCCO)C[C@@H](N(C(=O)c2cc3ccccc3oc2=O)C2CCCCCC2)[C@@H]1O. The Kier molecular flexibility index (Phi) is 11.4. The maximum absolute atomic E-state index is 14.5. The van der Waals surface area contributed by atoms with Crippen molar-refractivity contribution in [1.29, 1.82) is 0 Å². The number of ether oxygens (including phenoxy) is 2. The van der Waals surface area contributed by atoms with Gasteiger partial charge in [-0.05, 0) is 71.3 Å². The Hall–Kier alpha value is -3.46. The van der Waals surface area contributed by atoms with E-state index in [4.69, 9.17) is 13.9 Å². The number of hydrogen-bond acceptors (Lipinski definition) is 9. The van der Waals surface area contributed by atoms with E-state index in [0.717, 1.165) is 25.7 Å². The monoisotopic (exact) mass is 746 g/mol. The number of aliphatic hydroxyl groups is 3. The van der Waals surface area contributed by atoms with Crippen molar-refractivity contribution in [2.45, 2.75) is 75.8 Å². The smallest absolute Gasteiger partial charge is 0.349 e. The van der Waals surface area contributed by atoms with Crippen molar-refractivity contribution in [3.05, 3.63) is 79.2 Å². The zero-order chi connectivity index (χ0) is 32.8. The molecule has 246 valence electrons. The Balaban J connectivity index is 1.59. The number of hydrogen-bond donors (Lipinski definition) is 4. The zero-order valence-electron chi connectivity index (χ0n) is 25.6. The number of carbonyl (C=O) groups is 2. The van der Waals surface area contributed by atoms with E-state index in [0.29, 0.717) is 44.4 Å². The Morgan fingerprint density at radius 2 is 1.83 bits per heavy atom. The molecule has 1 aromatic heterocycles. The minimum absolute atomic E-state index is 0.00286. The Morgan fingerprint density at radius 1 is 1.09 bits per heavy atom. The Labute approximate surface area is 280 Å². The second-order valence-electron chi connectivity index (χ2n) is 11.6. The Bertz CT molecular complexity index is 1650. The number of nitrogens with one attached hydrogen (secondary N) is 1. The third kappa shape index (κ3) is 7.40. The van der Waals surface area contributed by atoms with Crippen LogP contribution in [0, 0.1) is 3.57 Å². The van der Waals surface area contributed by atoms with Crippen LogP contribution in [-0.4, -0.2) is 76.6 Å². The summed E-state index contributed by atoms with van der Waals surface area (Å²) in [5, 5.41) is 34.3. The number of para-hydroxylation sites is 1. The van der Waals surface area contributed by atoms with E-state index in [1.165, 1.54) is 19.3 Å². The fourth-order valence-corrected chi connectivity index (χ4v) is 7.13. The molecule has 2 aliphatic carbocycles. The van der Waals surface area contributed by atoms with Crippen LogP contribution in [-0.2, 0) is 11.4 Å². The van der Waals surface area contributed by atoms with Crippen LogP contribution in [0.5, 0.6) is 11.5 Å². The van der Waals surface area contributed by atoms with Crippen molar-refractivity contribution in [2.75, 3.05) is 20.3 Å². The van der Waals surface area contributed by atoms with E-state index in [1.807, 2.05) is 0 Å². The lowest BCUT2D eigenvalue weighted by Crippen LogP contribution is -2.58. The molecule has 0 spiro atoms. The highest BCUT2D eigenvalue weighted by atomic mass is 127. The molecule has 1 heterocycles. The number of amides is 2. The third-order valence-corrected chi connectivity index (χ3v) is 9.42. The molecule has 12 heteroatoms. The summed E-state index contributed by atoms with van der Waals surface area (Å²) < 4.78 is 18.1. The molecule has 1 saturated carbocycles. The van der Waals surface area contributed by atoms with Crippen LogP contribution in [0.1, 0.15) is 60.9 Å². The molecule has 11 nitrogen and oxygen atoms in total. The maximum atomic E-state index is 14.5. The number of methoxy groups -OCH3 is 1. The molecular weight excluding hydrogens is 707 g/mol.